The van der Waals surface area contributed by atoms with Crippen molar-refractivity contribution in [3.05, 3.63) is 97.2 Å². The average Bonchev–Trinajstić information content (AvgIpc) is 3.43. The summed E-state index contributed by atoms with van der Waals surface area (Å²) >= 11 is 0. The van der Waals surface area contributed by atoms with Crippen LogP contribution in [0, 0.1) is 0 Å². The van der Waals surface area contributed by atoms with E-state index in [-0.39, 0.29) is 25.9 Å². The summed E-state index contributed by atoms with van der Waals surface area (Å²) in [6.45, 7) is 4.46. The van der Waals surface area contributed by atoms with Gasteiger partial charge in [-0.25, -0.2) is 4.57 Å². The van der Waals surface area contributed by atoms with Crippen LogP contribution in [0.15, 0.2) is 97.2 Å². The normalized spacial score (nSPS) is 14.0. The van der Waals surface area contributed by atoms with Gasteiger partial charge in [-0.2, -0.15) is 0 Å². The van der Waals surface area contributed by atoms with Crippen molar-refractivity contribution < 1.29 is 52.2 Å². The molecule has 3 atom stereocenters. The van der Waals surface area contributed by atoms with E-state index in [4.69, 9.17) is 23.3 Å². The number of phosphoric ester groups is 1. The van der Waals surface area contributed by atoms with Crippen molar-refractivity contribution in [3.8, 4) is 0 Å². The zero-order chi connectivity index (χ0) is 56.9. The molecule has 0 aromatic rings. The van der Waals surface area contributed by atoms with Crippen LogP contribution >= 0.6 is 7.82 Å². The number of allylic oxidation sites excluding steroid dienone is 16. The first-order valence-electron chi connectivity index (χ1n) is 31.1. The molecule has 0 fully saturated rings. The van der Waals surface area contributed by atoms with Crippen LogP contribution < -0.4 is 0 Å². The van der Waals surface area contributed by atoms with Gasteiger partial charge in [-0.3, -0.25) is 23.4 Å². The Labute approximate surface area is 476 Å². The number of unbranched alkanes of at least 4 members (excludes halogenated alkanes) is 24. The van der Waals surface area contributed by atoms with E-state index in [0.29, 0.717) is 19.3 Å². The van der Waals surface area contributed by atoms with E-state index in [2.05, 4.69) is 118 Å². The second-order valence-corrected chi connectivity index (χ2v) is 21.9. The molecule has 0 spiro atoms. The van der Waals surface area contributed by atoms with E-state index in [0.717, 1.165) is 128 Å². The molecule has 0 rings (SSSR count). The van der Waals surface area contributed by atoms with Crippen LogP contribution in [0.5, 0.6) is 0 Å². The zero-order valence-electron chi connectivity index (χ0n) is 49.6. The first-order valence-corrected chi connectivity index (χ1v) is 32.6. The minimum Gasteiger partial charge on any atom is -0.462 e. The molecule has 0 saturated carbocycles. The summed E-state index contributed by atoms with van der Waals surface area (Å²) in [5.41, 5.74) is 0. The Hall–Kier alpha value is -3.60. The third-order valence-corrected chi connectivity index (χ3v) is 13.9. The minimum atomic E-state index is -4.77. The third-order valence-electron chi connectivity index (χ3n) is 13.0. The topological polar surface area (TPSA) is 155 Å². The van der Waals surface area contributed by atoms with Crippen LogP contribution in [0.2, 0.25) is 0 Å². The van der Waals surface area contributed by atoms with Gasteiger partial charge >= 0.3 is 25.7 Å². The lowest BCUT2D eigenvalue weighted by Gasteiger charge is -2.21. The van der Waals surface area contributed by atoms with Gasteiger partial charge in [-0.15, -0.1) is 0 Å². The number of carbonyl (C=O) groups excluding carboxylic acids is 3. The molecule has 0 aliphatic carbocycles. The Balaban J connectivity index is 4.79. The predicted octanol–water partition coefficient (Wildman–Crippen LogP) is 18.8. The summed E-state index contributed by atoms with van der Waals surface area (Å²) in [7, 11) is -4.77. The lowest BCUT2D eigenvalue weighted by atomic mass is 10.1. The summed E-state index contributed by atoms with van der Waals surface area (Å²) in [6.07, 6.45) is 70.7. The Bertz CT molecular complexity index is 1680. The highest BCUT2D eigenvalue weighted by molar-refractivity contribution is 7.47. The quantitative estimate of drug-likeness (QED) is 0.0197. The lowest BCUT2D eigenvalue weighted by molar-refractivity contribution is -0.161. The molecule has 0 aromatic carbocycles. The summed E-state index contributed by atoms with van der Waals surface area (Å²) < 4.78 is 39.6. The van der Waals surface area contributed by atoms with Crippen LogP contribution in [-0.4, -0.2) is 66.5 Å². The highest BCUT2D eigenvalue weighted by Gasteiger charge is 2.28. The van der Waals surface area contributed by atoms with E-state index in [1.165, 1.54) is 77.0 Å². The van der Waals surface area contributed by atoms with Crippen LogP contribution in [0.4, 0.5) is 0 Å². The van der Waals surface area contributed by atoms with Gasteiger partial charge in [0.25, 0.3) is 0 Å². The Morgan fingerprint density at radius 1 is 0.372 bits per heavy atom. The molecule has 0 aliphatic heterocycles. The van der Waals surface area contributed by atoms with Crippen molar-refractivity contribution in [2.24, 2.45) is 0 Å². The lowest BCUT2D eigenvalue weighted by Crippen LogP contribution is -2.30. The Kier molecular flexibility index (Phi) is 56.8. The number of aliphatic hydroxyl groups is 1. The van der Waals surface area contributed by atoms with Gasteiger partial charge in [0.15, 0.2) is 6.10 Å². The Morgan fingerprint density at radius 2 is 0.667 bits per heavy atom. The maximum atomic E-state index is 12.9. The number of esters is 3. The van der Waals surface area contributed by atoms with Gasteiger partial charge in [-0.1, -0.05) is 221 Å². The van der Waals surface area contributed by atoms with Crippen LogP contribution in [0.3, 0.4) is 0 Å². The van der Waals surface area contributed by atoms with E-state index in [1.807, 2.05) is 0 Å². The largest absolute Gasteiger partial charge is 0.472 e. The standard InChI is InChI=1S/C66H113O11P/c1-4-7-10-13-16-19-22-25-28-30-31-33-35-37-40-43-46-49-52-55-64(68)73-59-63(77-66(70)57-54-51-48-45-42-39-36-32-29-26-23-20-17-14-11-8-5-2)61-75-78(71,72)74-60-62(58-67)76-65(69)56-53-50-47-44-41-38-34-27-24-21-18-15-12-9-6-3/h7,10,16,18-19,21,25-29,31,33-34,37,40,62-63,67H,4-6,8-9,11-15,17,20,22-24,30,32,35-36,38-39,41-61H2,1-3H3,(H,71,72)/b10-7-,19-16-,21-18-,28-25-,29-26-,33-31-,34-27-,40-37-. The maximum absolute atomic E-state index is 12.9. The number of rotatable bonds is 57. The van der Waals surface area contributed by atoms with Crippen molar-refractivity contribution in [2.75, 3.05) is 26.4 Å². The summed E-state index contributed by atoms with van der Waals surface area (Å²) in [4.78, 5) is 48.7. The van der Waals surface area contributed by atoms with Gasteiger partial charge in [0.05, 0.1) is 19.8 Å². The smallest absolute Gasteiger partial charge is 0.462 e. The second-order valence-electron chi connectivity index (χ2n) is 20.5. The molecule has 11 nitrogen and oxygen atoms in total. The molecule has 0 aliphatic rings. The highest BCUT2D eigenvalue weighted by atomic mass is 31.2. The molecule has 448 valence electrons. The molecular formula is C66H113O11P. The molecule has 3 unspecified atom stereocenters. The summed E-state index contributed by atoms with van der Waals surface area (Å²) in [5, 5.41) is 9.84. The molecule has 0 radical (unpaired) electrons. The SMILES string of the molecule is CC/C=C\C/C=C\C/C=C\C/C=C\C/C=C\CCCCCC(=O)OCC(COP(=O)(O)OCC(CO)OC(=O)CCCCCCC/C=C\C/C=C\CCCCC)OC(=O)CCCCCCCCC/C=C\CCCCCCCC. The van der Waals surface area contributed by atoms with Crippen molar-refractivity contribution in [3.63, 3.8) is 0 Å². The van der Waals surface area contributed by atoms with Gasteiger partial charge in [0.1, 0.15) is 12.7 Å². The molecular weight excluding hydrogens is 1000 g/mol. The Morgan fingerprint density at radius 3 is 1.08 bits per heavy atom. The zero-order valence-corrected chi connectivity index (χ0v) is 50.5. The fourth-order valence-electron chi connectivity index (χ4n) is 8.23. The van der Waals surface area contributed by atoms with Crippen LogP contribution in [-0.2, 0) is 42.2 Å². The fraction of sp³-hybridized carbons (Fsp3) is 0.712. The van der Waals surface area contributed by atoms with Crippen LogP contribution in [0.25, 0.3) is 0 Å². The molecule has 0 amide bonds. The second kappa shape index (κ2) is 59.5. The van der Waals surface area contributed by atoms with E-state index >= 15 is 0 Å². The molecule has 0 aromatic heterocycles. The fourth-order valence-corrected chi connectivity index (χ4v) is 9.01. The summed E-state index contributed by atoms with van der Waals surface area (Å²) in [6, 6.07) is 0. The van der Waals surface area contributed by atoms with Gasteiger partial charge in [-0.05, 0) is 122 Å². The maximum Gasteiger partial charge on any atom is 0.472 e. The average molecular weight is 1110 g/mol. The van der Waals surface area contributed by atoms with Crippen molar-refractivity contribution >= 4 is 25.7 Å². The van der Waals surface area contributed by atoms with Crippen molar-refractivity contribution in [1.82, 2.24) is 0 Å². The number of carbonyl (C=O) groups is 3. The minimum absolute atomic E-state index is 0.151. The molecule has 2 N–H and O–H groups in total. The number of aliphatic hydroxyl groups excluding tert-OH is 1. The molecule has 12 heteroatoms. The highest BCUT2D eigenvalue weighted by Crippen LogP contribution is 2.43. The molecule has 0 bridgehead atoms. The van der Waals surface area contributed by atoms with E-state index < -0.39 is 57.8 Å². The number of hydrogen-bond acceptors (Lipinski definition) is 10. The van der Waals surface area contributed by atoms with Gasteiger partial charge in [0, 0.05) is 19.3 Å². The van der Waals surface area contributed by atoms with Gasteiger partial charge in [0.2, 0.25) is 0 Å². The number of hydrogen-bond donors (Lipinski definition) is 2. The van der Waals surface area contributed by atoms with Crippen molar-refractivity contribution in [2.45, 2.75) is 277 Å². The number of ether oxygens (including phenoxy) is 3. The molecule has 78 heavy (non-hydrogen) atoms. The first kappa shape index (κ1) is 74.4. The van der Waals surface area contributed by atoms with Crippen molar-refractivity contribution in [1.29, 1.82) is 0 Å². The van der Waals surface area contributed by atoms with E-state index in [9.17, 15) is 28.9 Å². The molecule has 0 saturated heterocycles. The first-order chi connectivity index (χ1) is 38.2. The predicted molar refractivity (Wildman–Crippen MR) is 325 cm³/mol. The third kappa shape index (κ3) is 57.1. The van der Waals surface area contributed by atoms with Gasteiger partial charge < -0.3 is 24.2 Å². The van der Waals surface area contributed by atoms with Crippen LogP contribution in [0.1, 0.15) is 265 Å². The summed E-state index contributed by atoms with van der Waals surface area (Å²) in [5.74, 6) is -1.52. The number of phosphoric acid groups is 1. The monoisotopic (exact) mass is 1110 g/mol. The molecule has 0 heterocycles. The van der Waals surface area contributed by atoms with E-state index in [1.54, 1.807) is 0 Å².